The van der Waals surface area contributed by atoms with E-state index in [0.29, 0.717) is 6.04 Å². The zero-order valence-corrected chi connectivity index (χ0v) is 10.4. The standard InChI is InChI=1S/C14H19NO/c1-10(2)15-8-7-11-5-6-12(9-13(11)15)14(3,4)16/h5-10,16H,1-4H3. The number of fused-ring (bicyclic) bond motifs is 1. The fraction of sp³-hybridized carbons (Fsp3) is 0.429. The Morgan fingerprint density at radius 2 is 1.88 bits per heavy atom. The van der Waals surface area contributed by atoms with Gasteiger partial charge in [0, 0.05) is 17.8 Å². The Kier molecular flexibility index (Phi) is 2.55. The first-order chi connectivity index (χ1) is 7.39. The smallest absolute Gasteiger partial charge is 0.0841 e. The van der Waals surface area contributed by atoms with Crippen LogP contribution >= 0.6 is 0 Å². The number of hydrogen-bond donors (Lipinski definition) is 1. The topological polar surface area (TPSA) is 25.2 Å². The third-order valence-corrected chi connectivity index (χ3v) is 2.99. The van der Waals surface area contributed by atoms with Gasteiger partial charge in [-0.05, 0) is 50.8 Å². The number of aliphatic hydroxyl groups is 1. The van der Waals surface area contributed by atoms with E-state index < -0.39 is 5.60 Å². The van der Waals surface area contributed by atoms with E-state index >= 15 is 0 Å². The van der Waals surface area contributed by atoms with Crippen molar-refractivity contribution in [3.05, 3.63) is 36.0 Å². The molecule has 16 heavy (non-hydrogen) atoms. The normalized spacial score (nSPS) is 12.6. The summed E-state index contributed by atoms with van der Waals surface area (Å²) in [6.07, 6.45) is 2.10. The molecule has 0 radical (unpaired) electrons. The monoisotopic (exact) mass is 217 g/mol. The van der Waals surface area contributed by atoms with Crippen LogP contribution in [0, 0.1) is 0 Å². The van der Waals surface area contributed by atoms with E-state index in [1.54, 1.807) is 0 Å². The number of hydrogen-bond acceptors (Lipinski definition) is 1. The van der Waals surface area contributed by atoms with E-state index in [0.717, 1.165) is 5.56 Å². The highest BCUT2D eigenvalue weighted by Gasteiger charge is 2.17. The lowest BCUT2D eigenvalue weighted by Crippen LogP contribution is -2.15. The maximum atomic E-state index is 10.0. The molecule has 2 aromatic rings. The molecule has 0 atom stereocenters. The second-order valence-electron chi connectivity index (χ2n) is 5.15. The molecular weight excluding hydrogens is 198 g/mol. The molecule has 0 fully saturated rings. The van der Waals surface area contributed by atoms with Gasteiger partial charge in [-0.3, -0.25) is 0 Å². The maximum absolute atomic E-state index is 10.0. The summed E-state index contributed by atoms with van der Waals surface area (Å²) in [7, 11) is 0. The zero-order valence-electron chi connectivity index (χ0n) is 10.4. The molecule has 0 bridgehead atoms. The van der Waals surface area contributed by atoms with Crippen molar-refractivity contribution < 1.29 is 5.11 Å². The fourth-order valence-electron chi connectivity index (χ4n) is 1.98. The second kappa shape index (κ2) is 3.63. The quantitative estimate of drug-likeness (QED) is 0.819. The van der Waals surface area contributed by atoms with E-state index in [2.05, 4.69) is 42.8 Å². The summed E-state index contributed by atoms with van der Waals surface area (Å²) < 4.78 is 2.23. The Labute approximate surface area is 96.5 Å². The third kappa shape index (κ3) is 1.85. The van der Waals surface area contributed by atoms with Crippen LogP contribution in [0.1, 0.15) is 39.3 Å². The number of aromatic nitrogens is 1. The molecule has 2 nitrogen and oxygen atoms in total. The Balaban J connectivity index is 2.63. The van der Waals surface area contributed by atoms with Crippen molar-refractivity contribution in [2.75, 3.05) is 0 Å². The van der Waals surface area contributed by atoms with Gasteiger partial charge in [0.05, 0.1) is 5.60 Å². The highest BCUT2D eigenvalue weighted by Crippen LogP contribution is 2.26. The average molecular weight is 217 g/mol. The molecule has 0 aliphatic rings. The van der Waals surface area contributed by atoms with Gasteiger partial charge in [-0.15, -0.1) is 0 Å². The van der Waals surface area contributed by atoms with Gasteiger partial charge in [0.25, 0.3) is 0 Å². The van der Waals surface area contributed by atoms with Crippen LogP contribution in [0.4, 0.5) is 0 Å². The van der Waals surface area contributed by atoms with Crippen LogP contribution in [0.2, 0.25) is 0 Å². The molecule has 1 aromatic heterocycles. The Morgan fingerprint density at radius 1 is 1.19 bits per heavy atom. The van der Waals surface area contributed by atoms with Crippen molar-refractivity contribution in [1.82, 2.24) is 4.57 Å². The van der Waals surface area contributed by atoms with Crippen molar-refractivity contribution in [2.45, 2.75) is 39.3 Å². The minimum atomic E-state index is -0.778. The molecule has 2 rings (SSSR count). The van der Waals surface area contributed by atoms with Gasteiger partial charge in [0.1, 0.15) is 0 Å². The Hall–Kier alpha value is -1.28. The molecule has 1 heterocycles. The van der Waals surface area contributed by atoms with Crippen LogP contribution in [-0.4, -0.2) is 9.67 Å². The van der Waals surface area contributed by atoms with Crippen LogP contribution in [-0.2, 0) is 5.60 Å². The van der Waals surface area contributed by atoms with Gasteiger partial charge in [-0.25, -0.2) is 0 Å². The lowest BCUT2D eigenvalue weighted by Gasteiger charge is -2.18. The predicted octanol–water partition coefficient (Wildman–Crippen LogP) is 3.45. The van der Waals surface area contributed by atoms with E-state index in [1.165, 1.54) is 10.9 Å². The van der Waals surface area contributed by atoms with E-state index in [4.69, 9.17) is 0 Å². The van der Waals surface area contributed by atoms with E-state index in [-0.39, 0.29) is 0 Å². The zero-order chi connectivity index (χ0) is 11.9. The van der Waals surface area contributed by atoms with E-state index in [1.807, 2.05) is 19.9 Å². The second-order valence-corrected chi connectivity index (χ2v) is 5.15. The first-order valence-corrected chi connectivity index (χ1v) is 5.73. The minimum Gasteiger partial charge on any atom is -0.386 e. The summed E-state index contributed by atoms with van der Waals surface area (Å²) in [6, 6.07) is 8.70. The first-order valence-electron chi connectivity index (χ1n) is 5.73. The highest BCUT2D eigenvalue weighted by molar-refractivity contribution is 5.81. The van der Waals surface area contributed by atoms with Gasteiger partial charge in [-0.1, -0.05) is 12.1 Å². The molecule has 1 aromatic carbocycles. The highest BCUT2D eigenvalue weighted by atomic mass is 16.3. The van der Waals surface area contributed by atoms with Crippen molar-refractivity contribution in [3.8, 4) is 0 Å². The van der Waals surface area contributed by atoms with Crippen LogP contribution in [0.25, 0.3) is 10.9 Å². The lowest BCUT2D eigenvalue weighted by molar-refractivity contribution is 0.0787. The van der Waals surface area contributed by atoms with Gasteiger partial charge in [0.2, 0.25) is 0 Å². The molecule has 0 aliphatic carbocycles. The van der Waals surface area contributed by atoms with Crippen LogP contribution in [0.5, 0.6) is 0 Å². The fourth-order valence-corrected chi connectivity index (χ4v) is 1.98. The summed E-state index contributed by atoms with van der Waals surface area (Å²) in [4.78, 5) is 0. The van der Waals surface area contributed by atoms with Crippen LogP contribution in [0.3, 0.4) is 0 Å². The number of nitrogens with zero attached hydrogens (tertiary/aromatic N) is 1. The molecule has 0 unspecified atom stereocenters. The molecule has 86 valence electrons. The Morgan fingerprint density at radius 3 is 2.44 bits per heavy atom. The molecule has 0 aliphatic heterocycles. The molecule has 0 spiro atoms. The molecular formula is C14H19NO. The molecule has 2 heteroatoms. The number of benzene rings is 1. The maximum Gasteiger partial charge on any atom is 0.0841 e. The predicted molar refractivity (Wildman–Crippen MR) is 67.6 cm³/mol. The van der Waals surface area contributed by atoms with Gasteiger partial charge >= 0.3 is 0 Å². The minimum absolute atomic E-state index is 0.439. The van der Waals surface area contributed by atoms with Crippen LogP contribution < -0.4 is 0 Å². The van der Waals surface area contributed by atoms with Crippen molar-refractivity contribution >= 4 is 10.9 Å². The summed E-state index contributed by atoms with van der Waals surface area (Å²) in [5.74, 6) is 0. The summed E-state index contributed by atoms with van der Waals surface area (Å²) in [5.41, 5.74) is 1.37. The summed E-state index contributed by atoms with van der Waals surface area (Å²) in [6.45, 7) is 7.96. The summed E-state index contributed by atoms with van der Waals surface area (Å²) >= 11 is 0. The average Bonchev–Trinajstić information content (AvgIpc) is 2.58. The van der Waals surface area contributed by atoms with Gasteiger partial charge in [0.15, 0.2) is 0 Å². The van der Waals surface area contributed by atoms with Crippen molar-refractivity contribution in [2.24, 2.45) is 0 Å². The van der Waals surface area contributed by atoms with Gasteiger partial charge in [-0.2, -0.15) is 0 Å². The molecule has 0 amide bonds. The largest absolute Gasteiger partial charge is 0.386 e. The van der Waals surface area contributed by atoms with Crippen molar-refractivity contribution in [1.29, 1.82) is 0 Å². The Bertz CT molecular complexity index is 503. The van der Waals surface area contributed by atoms with Crippen LogP contribution in [0.15, 0.2) is 30.5 Å². The molecule has 0 saturated carbocycles. The van der Waals surface area contributed by atoms with Crippen molar-refractivity contribution in [3.63, 3.8) is 0 Å². The lowest BCUT2D eigenvalue weighted by atomic mass is 9.97. The number of rotatable bonds is 2. The molecule has 0 saturated heterocycles. The summed E-state index contributed by atoms with van der Waals surface area (Å²) in [5, 5.41) is 11.2. The third-order valence-electron chi connectivity index (χ3n) is 2.99. The van der Waals surface area contributed by atoms with E-state index in [9.17, 15) is 5.11 Å². The first kappa shape index (κ1) is 11.2. The van der Waals surface area contributed by atoms with Gasteiger partial charge < -0.3 is 9.67 Å². The molecule has 1 N–H and O–H groups in total. The SMILES string of the molecule is CC(C)n1ccc2ccc(C(C)(C)O)cc21.